The summed E-state index contributed by atoms with van der Waals surface area (Å²) in [4.78, 5) is 12.5. The smallest absolute Gasteiger partial charge is 0.412 e. The van der Waals surface area contributed by atoms with Gasteiger partial charge < -0.3 is 5.11 Å². The van der Waals surface area contributed by atoms with Crippen molar-refractivity contribution in [2.45, 2.75) is 13.0 Å². The minimum Gasteiger partial charge on any atom is -0.465 e. The van der Waals surface area contributed by atoms with Gasteiger partial charge in [0, 0.05) is 16.8 Å². The molecular formula is C15H12ClF2NO2. The number of carbonyl (C=O) groups is 1. The van der Waals surface area contributed by atoms with Crippen LogP contribution in [0.25, 0.3) is 0 Å². The number of hydrogen-bond donors (Lipinski definition) is 1. The molecule has 0 aliphatic carbocycles. The minimum absolute atomic E-state index is 0.227. The van der Waals surface area contributed by atoms with Crippen LogP contribution in [0.3, 0.4) is 0 Å². The molecule has 0 bridgehead atoms. The van der Waals surface area contributed by atoms with E-state index in [9.17, 15) is 18.7 Å². The molecule has 0 aliphatic rings. The standard InChI is InChI=1S/C15H12ClF2NO2/c1-9(10-6-12(17)8-13(18)7-10)19(15(20)21)14-4-2-11(16)3-5-14/h2-9H,1H3,(H,20,21)/t9-/m1/s1. The number of carboxylic acid groups (broad SMARTS) is 1. The summed E-state index contributed by atoms with van der Waals surface area (Å²) in [6.45, 7) is 1.55. The molecule has 2 aromatic carbocycles. The number of halogens is 3. The first-order valence-corrected chi connectivity index (χ1v) is 6.50. The van der Waals surface area contributed by atoms with E-state index < -0.39 is 23.8 Å². The summed E-state index contributed by atoms with van der Waals surface area (Å²) in [6.07, 6.45) is -1.23. The molecule has 21 heavy (non-hydrogen) atoms. The molecule has 0 heterocycles. The van der Waals surface area contributed by atoms with Gasteiger partial charge in [-0.2, -0.15) is 0 Å². The highest BCUT2D eigenvalue weighted by molar-refractivity contribution is 6.30. The number of nitrogens with zero attached hydrogens (tertiary/aromatic N) is 1. The van der Waals surface area contributed by atoms with E-state index in [4.69, 9.17) is 11.6 Å². The topological polar surface area (TPSA) is 40.5 Å². The van der Waals surface area contributed by atoms with Crippen LogP contribution >= 0.6 is 11.6 Å². The Labute approximate surface area is 125 Å². The maximum atomic E-state index is 13.3. The van der Waals surface area contributed by atoms with Crippen LogP contribution in [-0.4, -0.2) is 11.2 Å². The average Bonchev–Trinajstić information content (AvgIpc) is 2.39. The van der Waals surface area contributed by atoms with E-state index in [-0.39, 0.29) is 5.56 Å². The first-order chi connectivity index (χ1) is 9.88. The highest BCUT2D eigenvalue weighted by atomic mass is 35.5. The third-order valence-corrected chi connectivity index (χ3v) is 3.32. The fourth-order valence-electron chi connectivity index (χ4n) is 2.07. The first-order valence-electron chi connectivity index (χ1n) is 6.12. The van der Waals surface area contributed by atoms with Gasteiger partial charge in [-0.25, -0.2) is 13.6 Å². The van der Waals surface area contributed by atoms with Crippen LogP contribution in [0.2, 0.25) is 5.02 Å². The maximum Gasteiger partial charge on any atom is 0.412 e. The second-order valence-corrected chi connectivity index (χ2v) is 4.94. The Hall–Kier alpha value is -2.14. The third-order valence-electron chi connectivity index (χ3n) is 3.07. The molecule has 2 aromatic rings. The number of hydrogen-bond acceptors (Lipinski definition) is 1. The van der Waals surface area contributed by atoms with E-state index in [1.54, 1.807) is 19.1 Å². The highest BCUT2D eigenvalue weighted by Gasteiger charge is 2.23. The zero-order chi connectivity index (χ0) is 15.6. The molecule has 0 radical (unpaired) electrons. The Morgan fingerprint density at radius 1 is 1.14 bits per heavy atom. The SMILES string of the molecule is C[C@H](c1cc(F)cc(F)c1)N(C(=O)O)c1ccc(Cl)cc1. The van der Waals surface area contributed by atoms with Gasteiger partial charge in [0.25, 0.3) is 0 Å². The number of amides is 1. The summed E-state index contributed by atoms with van der Waals surface area (Å²) >= 11 is 5.77. The van der Waals surface area contributed by atoms with Crippen molar-refractivity contribution >= 4 is 23.4 Å². The summed E-state index contributed by atoms with van der Waals surface area (Å²) in [7, 11) is 0. The molecule has 1 N–H and O–H groups in total. The number of anilines is 1. The van der Waals surface area contributed by atoms with Crippen LogP contribution in [0.5, 0.6) is 0 Å². The Balaban J connectivity index is 2.42. The summed E-state index contributed by atoms with van der Waals surface area (Å²) in [5.41, 5.74) is 0.592. The fourth-order valence-corrected chi connectivity index (χ4v) is 2.19. The Bertz CT molecular complexity index is 641. The highest BCUT2D eigenvalue weighted by Crippen LogP contribution is 2.29. The Morgan fingerprint density at radius 3 is 2.14 bits per heavy atom. The van der Waals surface area contributed by atoms with E-state index in [2.05, 4.69) is 0 Å². The van der Waals surface area contributed by atoms with E-state index in [0.29, 0.717) is 10.7 Å². The second-order valence-electron chi connectivity index (χ2n) is 4.51. The average molecular weight is 312 g/mol. The molecule has 0 unspecified atom stereocenters. The molecule has 0 fully saturated rings. The third kappa shape index (κ3) is 3.49. The predicted molar refractivity (Wildman–Crippen MR) is 76.7 cm³/mol. The van der Waals surface area contributed by atoms with Crippen LogP contribution in [-0.2, 0) is 0 Å². The zero-order valence-corrected chi connectivity index (χ0v) is 11.8. The van der Waals surface area contributed by atoms with Gasteiger partial charge >= 0.3 is 6.09 Å². The van der Waals surface area contributed by atoms with Crippen molar-refractivity contribution in [3.05, 3.63) is 64.7 Å². The minimum atomic E-state index is -1.23. The molecule has 3 nitrogen and oxygen atoms in total. The van der Waals surface area contributed by atoms with Crippen molar-refractivity contribution in [2.75, 3.05) is 4.90 Å². The van der Waals surface area contributed by atoms with Crippen LogP contribution in [0.4, 0.5) is 19.3 Å². The summed E-state index contributed by atoms with van der Waals surface area (Å²) in [6, 6.07) is 8.36. The van der Waals surface area contributed by atoms with E-state index >= 15 is 0 Å². The van der Waals surface area contributed by atoms with Crippen molar-refractivity contribution < 1.29 is 18.7 Å². The summed E-state index contributed by atoms with van der Waals surface area (Å²) < 4.78 is 26.6. The molecule has 0 spiro atoms. The zero-order valence-electron chi connectivity index (χ0n) is 11.1. The number of rotatable bonds is 3. The molecule has 1 amide bonds. The molecular weight excluding hydrogens is 300 g/mol. The predicted octanol–water partition coefficient (Wildman–Crippen LogP) is 4.86. The van der Waals surface area contributed by atoms with Crippen molar-refractivity contribution in [2.24, 2.45) is 0 Å². The molecule has 0 saturated carbocycles. The molecule has 0 aliphatic heterocycles. The quantitative estimate of drug-likeness (QED) is 0.879. The summed E-state index contributed by atoms with van der Waals surface area (Å²) in [5, 5.41) is 9.84. The van der Waals surface area contributed by atoms with Crippen molar-refractivity contribution in [1.29, 1.82) is 0 Å². The lowest BCUT2D eigenvalue weighted by molar-refractivity contribution is 0.199. The largest absolute Gasteiger partial charge is 0.465 e. The van der Waals surface area contributed by atoms with E-state index in [1.807, 2.05) is 0 Å². The molecule has 0 saturated heterocycles. The van der Waals surface area contributed by atoms with E-state index in [1.165, 1.54) is 12.1 Å². The van der Waals surface area contributed by atoms with Gasteiger partial charge in [0.05, 0.1) is 6.04 Å². The molecule has 1 atom stereocenters. The fraction of sp³-hybridized carbons (Fsp3) is 0.133. The van der Waals surface area contributed by atoms with Gasteiger partial charge in [-0.15, -0.1) is 0 Å². The van der Waals surface area contributed by atoms with Crippen molar-refractivity contribution in [3.8, 4) is 0 Å². The van der Waals surface area contributed by atoms with Gasteiger partial charge in [0.15, 0.2) is 0 Å². The molecule has 110 valence electrons. The van der Waals surface area contributed by atoms with E-state index in [0.717, 1.165) is 23.1 Å². The monoisotopic (exact) mass is 311 g/mol. The first kappa shape index (κ1) is 15.3. The maximum absolute atomic E-state index is 13.3. The molecule has 2 rings (SSSR count). The van der Waals surface area contributed by atoms with Crippen LogP contribution in [0.15, 0.2) is 42.5 Å². The van der Waals surface area contributed by atoms with Crippen LogP contribution < -0.4 is 4.90 Å². The Kier molecular flexibility index (Phi) is 4.43. The Morgan fingerprint density at radius 2 is 1.67 bits per heavy atom. The van der Waals surface area contributed by atoms with Gasteiger partial charge in [-0.3, -0.25) is 4.90 Å². The molecule has 0 aromatic heterocycles. The van der Waals surface area contributed by atoms with Gasteiger partial charge in [0.2, 0.25) is 0 Å². The number of benzene rings is 2. The summed E-state index contributed by atoms with van der Waals surface area (Å²) in [5.74, 6) is -1.50. The normalized spacial score (nSPS) is 12.0. The molecule has 6 heteroatoms. The van der Waals surface area contributed by atoms with Gasteiger partial charge in [-0.1, -0.05) is 11.6 Å². The lowest BCUT2D eigenvalue weighted by Gasteiger charge is -2.27. The lowest BCUT2D eigenvalue weighted by atomic mass is 10.1. The van der Waals surface area contributed by atoms with Gasteiger partial charge in [0.1, 0.15) is 11.6 Å². The lowest BCUT2D eigenvalue weighted by Crippen LogP contribution is -2.32. The van der Waals surface area contributed by atoms with Crippen molar-refractivity contribution in [3.63, 3.8) is 0 Å². The van der Waals surface area contributed by atoms with Gasteiger partial charge in [-0.05, 0) is 48.9 Å². The van der Waals surface area contributed by atoms with Crippen molar-refractivity contribution in [1.82, 2.24) is 0 Å². The second kappa shape index (κ2) is 6.10. The van der Waals surface area contributed by atoms with Crippen LogP contribution in [0, 0.1) is 11.6 Å². The van der Waals surface area contributed by atoms with Crippen LogP contribution in [0.1, 0.15) is 18.5 Å².